The average molecular weight is 563 g/mol. The summed E-state index contributed by atoms with van der Waals surface area (Å²) in [5.41, 5.74) is 1.19. The second kappa shape index (κ2) is 9.65. The summed E-state index contributed by atoms with van der Waals surface area (Å²) >= 11 is 10.8. The third-order valence-corrected chi connectivity index (χ3v) is 7.18. The number of hydrogen-bond donors (Lipinski definition) is 0. The molecule has 8 nitrogen and oxygen atoms in total. The minimum Gasteiger partial charge on any atom is -0.463 e. The lowest BCUT2D eigenvalue weighted by molar-refractivity contribution is -0.385. The molecule has 174 valence electrons. The van der Waals surface area contributed by atoms with E-state index in [1.165, 1.54) is 10.6 Å². The highest BCUT2D eigenvalue weighted by Crippen LogP contribution is 2.34. The Kier molecular flexibility index (Phi) is 6.83. The van der Waals surface area contributed by atoms with E-state index in [1.807, 2.05) is 0 Å². The monoisotopic (exact) mass is 561 g/mol. The molecule has 2 aromatic carbocycles. The molecule has 0 bridgehead atoms. The Hall–Kier alpha value is -3.08. The highest BCUT2D eigenvalue weighted by atomic mass is 79.9. The molecule has 34 heavy (non-hydrogen) atoms. The van der Waals surface area contributed by atoms with Gasteiger partial charge < -0.3 is 4.74 Å². The van der Waals surface area contributed by atoms with Crippen LogP contribution in [0.2, 0.25) is 5.02 Å². The zero-order valence-corrected chi connectivity index (χ0v) is 21.1. The predicted octanol–water partition coefficient (Wildman–Crippen LogP) is 4.12. The number of fused-ring (bicyclic) bond motifs is 1. The zero-order chi connectivity index (χ0) is 24.6. The number of nitrogens with zero attached hydrogens (tertiary/aromatic N) is 3. The Morgan fingerprint density at radius 3 is 2.76 bits per heavy atom. The summed E-state index contributed by atoms with van der Waals surface area (Å²) in [6, 6.07) is 10.7. The molecule has 0 saturated carbocycles. The van der Waals surface area contributed by atoms with Crippen molar-refractivity contribution >= 4 is 56.6 Å². The van der Waals surface area contributed by atoms with Gasteiger partial charge in [-0.25, -0.2) is 9.79 Å². The van der Waals surface area contributed by atoms with Gasteiger partial charge in [-0.3, -0.25) is 19.5 Å². The number of aromatic nitrogens is 1. The molecule has 4 rings (SSSR count). The molecular weight excluding hydrogens is 546 g/mol. The Morgan fingerprint density at radius 2 is 2.09 bits per heavy atom. The van der Waals surface area contributed by atoms with E-state index >= 15 is 0 Å². The van der Waals surface area contributed by atoms with Crippen LogP contribution in [-0.2, 0) is 9.53 Å². The van der Waals surface area contributed by atoms with Crippen molar-refractivity contribution in [2.75, 3.05) is 6.61 Å². The molecule has 0 radical (unpaired) electrons. The topological polar surface area (TPSA) is 104 Å². The number of thiazole rings is 1. The summed E-state index contributed by atoms with van der Waals surface area (Å²) in [5.74, 6) is -0.577. The smallest absolute Gasteiger partial charge is 0.338 e. The fourth-order valence-corrected chi connectivity index (χ4v) is 5.37. The van der Waals surface area contributed by atoms with Crippen molar-refractivity contribution in [3.63, 3.8) is 0 Å². The minimum absolute atomic E-state index is 0.115. The Morgan fingerprint density at radius 1 is 1.35 bits per heavy atom. The summed E-state index contributed by atoms with van der Waals surface area (Å²) in [6.45, 7) is 3.55. The molecule has 0 spiro atoms. The molecule has 1 atom stereocenters. The molecule has 3 aromatic rings. The van der Waals surface area contributed by atoms with E-state index in [1.54, 1.807) is 56.3 Å². The van der Waals surface area contributed by atoms with Gasteiger partial charge in [0.2, 0.25) is 0 Å². The van der Waals surface area contributed by atoms with Gasteiger partial charge in [0.05, 0.1) is 31.8 Å². The molecule has 1 aromatic heterocycles. The van der Waals surface area contributed by atoms with Gasteiger partial charge in [0.25, 0.3) is 11.2 Å². The average Bonchev–Trinajstić information content (AvgIpc) is 3.09. The Bertz CT molecular complexity index is 1540. The van der Waals surface area contributed by atoms with Crippen LogP contribution < -0.4 is 14.9 Å². The third kappa shape index (κ3) is 4.36. The molecule has 11 heteroatoms. The number of hydrogen-bond acceptors (Lipinski definition) is 7. The standard InChI is InChI=1S/C23H17BrClN3O5S/c1-3-33-22(30)19-12(2)26-23-27(20(19)14-6-4-5-7-16(14)25)21(29)18(34-23)11-13-8-9-15(24)17(10-13)28(31)32/h4-11,20H,3H2,1-2H3/b18-11+/t20-/m1/s1. The first-order valence-corrected chi connectivity index (χ1v) is 12.1. The van der Waals surface area contributed by atoms with Crippen molar-refractivity contribution in [1.29, 1.82) is 0 Å². The highest BCUT2D eigenvalue weighted by molar-refractivity contribution is 9.10. The summed E-state index contributed by atoms with van der Waals surface area (Å²) in [7, 11) is 0. The molecule has 0 amide bonds. The highest BCUT2D eigenvalue weighted by Gasteiger charge is 2.34. The number of esters is 1. The van der Waals surface area contributed by atoms with Gasteiger partial charge >= 0.3 is 5.97 Å². The molecule has 0 fully saturated rings. The normalized spacial score (nSPS) is 15.6. The third-order valence-electron chi connectivity index (χ3n) is 5.18. The number of nitro groups is 1. The van der Waals surface area contributed by atoms with Crippen LogP contribution in [0.25, 0.3) is 6.08 Å². The van der Waals surface area contributed by atoms with Crippen molar-refractivity contribution in [2.45, 2.75) is 19.9 Å². The van der Waals surface area contributed by atoms with Crippen LogP contribution in [0.15, 0.2) is 68.0 Å². The Labute approximate surface area is 210 Å². The van der Waals surface area contributed by atoms with Gasteiger partial charge in [-0.2, -0.15) is 0 Å². The van der Waals surface area contributed by atoms with Crippen LogP contribution in [0.1, 0.15) is 31.0 Å². The molecule has 0 N–H and O–H groups in total. The number of rotatable bonds is 5. The van der Waals surface area contributed by atoms with Gasteiger partial charge in [-0.15, -0.1) is 0 Å². The molecule has 0 unspecified atom stereocenters. The van der Waals surface area contributed by atoms with E-state index in [2.05, 4.69) is 20.9 Å². The molecule has 0 aliphatic carbocycles. The van der Waals surface area contributed by atoms with Crippen molar-refractivity contribution in [3.8, 4) is 0 Å². The minimum atomic E-state index is -0.828. The first-order valence-electron chi connectivity index (χ1n) is 10.1. The lowest BCUT2D eigenvalue weighted by atomic mass is 9.96. The SMILES string of the molecule is CCOC(=O)C1=C(C)N=c2s/c(=C/c3ccc(Br)c([N+](=O)[O-])c3)c(=O)n2[C@@H]1c1ccccc1Cl. The van der Waals surface area contributed by atoms with Gasteiger partial charge in [0, 0.05) is 11.1 Å². The van der Waals surface area contributed by atoms with Crippen LogP contribution >= 0.6 is 38.9 Å². The number of nitro benzene ring substituents is 1. The summed E-state index contributed by atoms with van der Waals surface area (Å²) in [5, 5.41) is 11.7. The van der Waals surface area contributed by atoms with Crippen molar-refractivity contribution in [1.82, 2.24) is 4.57 Å². The fraction of sp³-hybridized carbons (Fsp3) is 0.174. The molecule has 1 aliphatic heterocycles. The predicted molar refractivity (Wildman–Crippen MR) is 133 cm³/mol. The van der Waals surface area contributed by atoms with Crippen LogP contribution in [-0.4, -0.2) is 22.1 Å². The second-order valence-electron chi connectivity index (χ2n) is 7.29. The quantitative estimate of drug-likeness (QED) is 0.264. The number of allylic oxidation sites excluding steroid dienone is 1. The second-order valence-corrected chi connectivity index (χ2v) is 9.56. The van der Waals surface area contributed by atoms with E-state index in [0.717, 1.165) is 11.3 Å². The van der Waals surface area contributed by atoms with Crippen molar-refractivity contribution in [3.05, 3.63) is 104 Å². The zero-order valence-electron chi connectivity index (χ0n) is 18.0. The maximum absolute atomic E-state index is 13.6. The first-order chi connectivity index (χ1) is 16.2. The van der Waals surface area contributed by atoms with E-state index in [-0.39, 0.29) is 17.9 Å². The maximum Gasteiger partial charge on any atom is 0.338 e. The molecule has 1 aliphatic rings. The van der Waals surface area contributed by atoms with Crippen LogP contribution in [0.4, 0.5) is 5.69 Å². The van der Waals surface area contributed by atoms with E-state index in [9.17, 15) is 19.7 Å². The summed E-state index contributed by atoms with van der Waals surface area (Å²) in [4.78, 5) is 42.1. The Balaban J connectivity index is 1.97. The van der Waals surface area contributed by atoms with Gasteiger partial charge in [0.1, 0.15) is 6.04 Å². The van der Waals surface area contributed by atoms with Crippen molar-refractivity contribution < 1.29 is 14.5 Å². The van der Waals surface area contributed by atoms with Gasteiger partial charge in [-0.1, -0.05) is 47.2 Å². The largest absolute Gasteiger partial charge is 0.463 e. The van der Waals surface area contributed by atoms with Crippen LogP contribution in [0, 0.1) is 10.1 Å². The lowest BCUT2D eigenvalue weighted by Gasteiger charge is -2.25. The van der Waals surface area contributed by atoms with Gasteiger partial charge in [-0.05, 0) is 59.1 Å². The number of ether oxygens (including phenoxy) is 1. The first kappa shape index (κ1) is 24.1. The lowest BCUT2D eigenvalue weighted by Crippen LogP contribution is -2.40. The van der Waals surface area contributed by atoms with Gasteiger partial charge in [0.15, 0.2) is 4.80 Å². The number of halogens is 2. The van der Waals surface area contributed by atoms with E-state index < -0.39 is 22.5 Å². The number of carbonyl (C=O) groups excluding carboxylic acids is 1. The maximum atomic E-state index is 13.6. The molecular formula is C23H17BrClN3O5S. The van der Waals surface area contributed by atoms with E-state index in [4.69, 9.17) is 16.3 Å². The summed E-state index contributed by atoms with van der Waals surface area (Å²) < 4.78 is 7.33. The van der Waals surface area contributed by atoms with Crippen LogP contribution in [0.5, 0.6) is 0 Å². The van der Waals surface area contributed by atoms with Crippen LogP contribution in [0.3, 0.4) is 0 Å². The fourth-order valence-electron chi connectivity index (χ4n) is 3.69. The number of carbonyl (C=O) groups is 1. The molecule has 0 saturated heterocycles. The summed E-state index contributed by atoms with van der Waals surface area (Å²) in [6.07, 6.45) is 1.57. The van der Waals surface area contributed by atoms with E-state index in [0.29, 0.717) is 35.7 Å². The number of benzene rings is 2. The van der Waals surface area contributed by atoms with Crippen molar-refractivity contribution in [2.24, 2.45) is 4.99 Å². The molecule has 2 heterocycles.